The summed E-state index contributed by atoms with van der Waals surface area (Å²) in [5.41, 5.74) is 7.88. The first-order valence-corrected chi connectivity index (χ1v) is 13.9. The van der Waals surface area contributed by atoms with Crippen molar-refractivity contribution in [1.82, 2.24) is 10.5 Å². The lowest BCUT2D eigenvalue weighted by molar-refractivity contribution is -0.137. The minimum atomic E-state index is -1.37. The van der Waals surface area contributed by atoms with Gasteiger partial charge < -0.3 is 25.6 Å². The van der Waals surface area contributed by atoms with Crippen LogP contribution in [0.3, 0.4) is 0 Å². The average Bonchev–Trinajstić information content (AvgIpc) is 3.38. The maximum absolute atomic E-state index is 13.1. The number of carbonyl (C=O) groups excluding carboxylic acids is 2. The number of carboxylic acid groups (broad SMARTS) is 1. The van der Waals surface area contributed by atoms with Gasteiger partial charge in [0.05, 0.1) is 16.1 Å². The number of aromatic nitrogens is 1. The maximum atomic E-state index is 13.1. The van der Waals surface area contributed by atoms with Crippen LogP contribution in [-0.4, -0.2) is 51.5 Å². The Balaban J connectivity index is 1.89. The van der Waals surface area contributed by atoms with Crippen molar-refractivity contribution in [2.24, 2.45) is 11.7 Å². The Labute approximate surface area is 251 Å². The Hall–Kier alpha value is -2.82. The fourth-order valence-electron chi connectivity index (χ4n) is 3.86. The summed E-state index contributed by atoms with van der Waals surface area (Å²) >= 11 is 24.6. The molecule has 4 N–H and O–H groups in total. The van der Waals surface area contributed by atoms with Crippen molar-refractivity contribution < 1.29 is 24.0 Å². The summed E-state index contributed by atoms with van der Waals surface area (Å²) in [5, 5.41) is 16.6. The molecule has 0 unspecified atom stereocenters. The van der Waals surface area contributed by atoms with Gasteiger partial charge in [0.25, 0.3) is 5.91 Å². The number of hydrogen-bond donors (Lipinski definition) is 3. The van der Waals surface area contributed by atoms with Gasteiger partial charge in [-0.2, -0.15) is 0 Å². The third-order valence-corrected chi connectivity index (χ3v) is 7.15. The number of halogens is 4. The summed E-state index contributed by atoms with van der Waals surface area (Å²) in [6.07, 6.45) is -0.273. The van der Waals surface area contributed by atoms with Crippen molar-refractivity contribution in [3.63, 3.8) is 0 Å². The number of anilines is 1. The lowest BCUT2D eigenvalue weighted by Crippen LogP contribution is -2.53. The zero-order chi connectivity index (χ0) is 29.6. The molecular formula is C27H28Cl4N4O5. The van der Waals surface area contributed by atoms with E-state index in [4.69, 9.17) is 61.8 Å². The quantitative estimate of drug-likeness (QED) is 0.216. The van der Waals surface area contributed by atoms with E-state index in [2.05, 4.69) is 10.5 Å². The normalized spacial score (nSPS) is 12.8. The van der Waals surface area contributed by atoms with Crippen molar-refractivity contribution in [3.8, 4) is 22.6 Å². The standard InChI is InChI=1S/C27H28Cl4N4O5/c1-14(2)21(33-26(38)19(32)9-10-23(36)37)13-35(27(39)25(30)31)16-6-3-5-15(11-16)22-12-20(34-40-22)24-17(28)7-4-8-18(24)29/h3-8,11-12,14,19,21,25H,9-10,13,32H2,1-2H3,(H,33,38)(H,36,37)/t19-,21+/m0/s1. The zero-order valence-electron chi connectivity index (χ0n) is 21.6. The Morgan fingerprint density at radius 1 is 1.07 bits per heavy atom. The maximum Gasteiger partial charge on any atom is 0.303 e. The number of nitrogens with zero attached hydrogens (tertiary/aromatic N) is 2. The van der Waals surface area contributed by atoms with Gasteiger partial charge >= 0.3 is 5.97 Å². The van der Waals surface area contributed by atoms with Crippen molar-refractivity contribution in [2.75, 3.05) is 11.4 Å². The van der Waals surface area contributed by atoms with Crippen LogP contribution in [0.25, 0.3) is 22.6 Å². The van der Waals surface area contributed by atoms with Crippen molar-refractivity contribution >= 4 is 69.9 Å². The summed E-state index contributed by atoms with van der Waals surface area (Å²) in [7, 11) is 0. The molecule has 1 heterocycles. The average molecular weight is 630 g/mol. The molecule has 2 atom stereocenters. The Kier molecular flexibility index (Phi) is 11.2. The minimum Gasteiger partial charge on any atom is -0.481 e. The Morgan fingerprint density at radius 2 is 1.73 bits per heavy atom. The largest absolute Gasteiger partial charge is 0.481 e. The molecule has 0 spiro atoms. The molecular weight excluding hydrogens is 602 g/mol. The van der Waals surface area contributed by atoms with Gasteiger partial charge in [0.1, 0.15) is 5.69 Å². The SMILES string of the molecule is CC(C)[C@@H](CN(C(=O)C(Cl)Cl)c1cccc(-c2cc(-c3c(Cl)cccc3Cl)no2)c1)NC(=O)[C@@H](N)CCC(=O)O. The monoisotopic (exact) mass is 628 g/mol. The van der Waals surface area contributed by atoms with Gasteiger partial charge in [-0.15, -0.1) is 0 Å². The molecule has 13 heteroatoms. The number of carboxylic acids is 1. The number of carbonyl (C=O) groups is 3. The molecule has 3 rings (SSSR count). The molecule has 9 nitrogen and oxygen atoms in total. The first-order chi connectivity index (χ1) is 18.9. The molecule has 0 aliphatic carbocycles. The molecule has 1 aromatic heterocycles. The Morgan fingerprint density at radius 3 is 2.33 bits per heavy atom. The number of hydrogen-bond acceptors (Lipinski definition) is 6. The van der Waals surface area contributed by atoms with E-state index < -0.39 is 34.7 Å². The Bertz CT molecular complexity index is 1340. The van der Waals surface area contributed by atoms with Crippen LogP contribution in [0, 0.1) is 5.92 Å². The third-order valence-electron chi connectivity index (χ3n) is 6.14. The highest BCUT2D eigenvalue weighted by Gasteiger charge is 2.29. The molecule has 0 bridgehead atoms. The molecule has 214 valence electrons. The van der Waals surface area contributed by atoms with Gasteiger partial charge in [0.2, 0.25) is 5.91 Å². The number of nitrogens with two attached hydrogens (primary N) is 1. The molecule has 3 aromatic rings. The van der Waals surface area contributed by atoms with E-state index in [1.807, 2.05) is 13.8 Å². The molecule has 2 aromatic carbocycles. The summed E-state index contributed by atoms with van der Waals surface area (Å²) in [5.74, 6) is -1.91. The highest BCUT2D eigenvalue weighted by Crippen LogP contribution is 2.36. The van der Waals surface area contributed by atoms with E-state index in [9.17, 15) is 14.4 Å². The van der Waals surface area contributed by atoms with Crippen LogP contribution in [-0.2, 0) is 14.4 Å². The number of benzene rings is 2. The second kappa shape index (κ2) is 14.2. The summed E-state index contributed by atoms with van der Waals surface area (Å²) in [6, 6.07) is 12.1. The van der Waals surface area contributed by atoms with Gasteiger partial charge in [0.15, 0.2) is 10.6 Å². The molecule has 40 heavy (non-hydrogen) atoms. The molecule has 0 aliphatic heterocycles. The van der Waals surface area contributed by atoms with Gasteiger partial charge in [-0.1, -0.05) is 83.6 Å². The summed E-state index contributed by atoms with van der Waals surface area (Å²) < 4.78 is 5.56. The van der Waals surface area contributed by atoms with E-state index in [0.717, 1.165) is 0 Å². The van der Waals surface area contributed by atoms with Gasteiger partial charge in [-0.25, -0.2) is 0 Å². The predicted molar refractivity (Wildman–Crippen MR) is 157 cm³/mol. The highest BCUT2D eigenvalue weighted by atomic mass is 35.5. The fourth-order valence-corrected chi connectivity index (χ4v) is 4.69. The lowest BCUT2D eigenvalue weighted by Gasteiger charge is -2.31. The van der Waals surface area contributed by atoms with Crippen LogP contribution in [0.15, 0.2) is 53.1 Å². The van der Waals surface area contributed by atoms with E-state index in [1.54, 1.807) is 48.5 Å². The van der Waals surface area contributed by atoms with E-state index >= 15 is 0 Å². The van der Waals surface area contributed by atoms with Crippen LogP contribution in [0.4, 0.5) is 5.69 Å². The van der Waals surface area contributed by atoms with Crippen molar-refractivity contribution in [1.29, 1.82) is 0 Å². The third kappa shape index (κ3) is 8.11. The number of amides is 2. The topological polar surface area (TPSA) is 139 Å². The second-order valence-electron chi connectivity index (χ2n) is 9.37. The molecule has 0 saturated carbocycles. The minimum absolute atomic E-state index is 0.0180. The highest BCUT2D eigenvalue weighted by molar-refractivity contribution is 6.54. The smallest absolute Gasteiger partial charge is 0.303 e. The lowest BCUT2D eigenvalue weighted by atomic mass is 10.0. The van der Waals surface area contributed by atoms with E-state index in [0.29, 0.717) is 38.3 Å². The number of rotatable bonds is 12. The van der Waals surface area contributed by atoms with Crippen LogP contribution in [0.5, 0.6) is 0 Å². The van der Waals surface area contributed by atoms with Gasteiger partial charge in [-0.05, 0) is 36.6 Å². The van der Waals surface area contributed by atoms with E-state index in [-0.39, 0.29) is 25.3 Å². The van der Waals surface area contributed by atoms with Crippen LogP contribution in [0.1, 0.15) is 26.7 Å². The first kappa shape index (κ1) is 31.7. The first-order valence-electron chi connectivity index (χ1n) is 12.3. The number of alkyl halides is 2. The van der Waals surface area contributed by atoms with E-state index in [1.165, 1.54) is 4.90 Å². The molecule has 2 amide bonds. The summed E-state index contributed by atoms with van der Waals surface area (Å²) in [6.45, 7) is 3.74. The molecule has 0 fully saturated rings. The fraction of sp³-hybridized carbons (Fsp3) is 0.333. The summed E-state index contributed by atoms with van der Waals surface area (Å²) in [4.78, 5) is 36.6. The molecule has 0 radical (unpaired) electrons. The van der Waals surface area contributed by atoms with Gasteiger partial charge in [-0.3, -0.25) is 14.4 Å². The molecule has 0 saturated heterocycles. The van der Waals surface area contributed by atoms with Gasteiger partial charge in [0, 0.05) is 41.9 Å². The number of nitrogens with one attached hydrogen (secondary N) is 1. The van der Waals surface area contributed by atoms with Crippen molar-refractivity contribution in [2.45, 2.75) is 43.6 Å². The predicted octanol–water partition coefficient (Wildman–Crippen LogP) is 5.79. The van der Waals surface area contributed by atoms with Crippen LogP contribution in [0.2, 0.25) is 10.0 Å². The van der Waals surface area contributed by atoms with Crippen LogP contribution < -0.4 is 16.0 Å². The van der Waals surface area contributed by atoms with Crippen molar-refractivity contribution in [3.05, 3.63) is 58.6 Å². The van der Waals surface area contributed by atoms with Crippen LogP contribution >= 0.6 is 46.4 Å². The number of aliphatic carboxylic acids is 1. The molecule has 0 aliphatic rings. The zero-order valence-corrected chi connectivity index (χ0v) is 24.6. The second-order valence-corrected chi connectivity index (χ2v) is 11.3.